The van der Waals surface area contributed by atoms with Gasteiger partial charge in [-0.05, 0) is 43.6 Å². The van der Waals surface area contributed by atoms with Crippen LogP contribution in [-0.2, 0) is 4.79 Å². The van der Waals surface area contributed by atoms with Gasteiger partial charge in [-0.1, -0.05) is 33.6 Å². The van der Waals surface area contributed by atoms with Gasteiger partial charge in [-0.15, -0.1) is 0 Å². The maximum atomic E-state index is 11.9. The minimum Gasteiger partial charge on any atom is -0.396 e. The van der Waals surface area contributed by atoms with E-state index in [1.54, 1.807) is 0 Å². The SMILES string of the molecule is CCCC(CCN)CCC(=O)NCC(C)(C)CCCO. The normalized spacial score (nSPS) is 13.2. The highest BCUT2D eigenvalue weighted by atomic mass is 16.2. The van der Waals surface area contributed by atoms with Crippen LogP contribution in [0.25, 0.3) is 0 Å². The van der Waals surface area contributed by atoms with Crippen LogP contribution in [0.15, 0.2) is 0 Å². The molecule has 4 heteroatoms. The predicted octanol–water partition coefficient (Wildman–Crippen LogP) is 2.45. The zero-order chi connectivity index (χ0) is 15.4. The number of nitrogens with one attached hydrogen (secondary N) is 1. The Balaban J connectivity index is 3.91. The summed E-state index contributed by atoms with van der Waals surface area (Å²) in [5.41, 5.74) is 5.66. The molecule has 20 heavy (non-hydrogen) atoms. The summed E-state index contributed by atoms with van der Waals surface area (Å²) in [7, 11) is 0. The van der Waals surface area contributed by atoms with Gasteiger partial charge in [-0.25, -0.2) is 0 Å². The Morgan fingerprint density at radius 2 is 2.00 bits per heavy atom. The van der Waals surface area contributed by atoms with Crippen LogP contribution in [0.3, 0.4) is 0 Å². The molecule has 1 atom stereocenters. The smallest absolute Gasteiger partial charge is 0.220 e. The Labute approximate surface area is 124 Å². The lowest BCUT2D eigenvalue weighted by Gasteiger charge is -2.25. The molecule has 0 radical (unpaired) electrons. The van der Waals surface area contributed by atoms with Crippen molar-refractivity contribution in [2.75, 3.05) is 19.7 Å². The first kappa shape index (κ1) is 19.4. The lowest BCUT2D eigenvalue weighted by atomic mass is 9.87. The number of carbonyl (C=O) groups excluding carboxylic acids is 1. The molecular weight excluding hydrogens is 252 g/mol. The minimum absolute atomic E-state index is 0.0540. The third-order valence-electron chi connectivity index (χ3n) is 3.83. The molecule has 0 aliphatic rings. The summed E-state index contributed by atoms with van der Waals surface area (Å²) in [4.78, 5) is 11.9. The summed E-state index contributed by atoms with van der Waals surface area (Å²) in [6.45, 7) is 8.03. The van der Waals surface area contributed by atoms with Crippen molar-refractivity contribution >= 4 is 5.91 Å². The van der Waals surface area contributed by atoms with Gasteiger partial charge in [0.15, 0.2) is 0 Å². The van der Waals surface area contributed by atoms with E-state index in [2.05, 4.69) is 26.1 Å². The van der Waals surface area contributed by atoms with Crippen LogP contribution < -0.4 is 11.1 Å². The Morgan fingerprint density at radius 1 is 1.30 bits per heavy atom. The van der Waals surface area contributed by atoms with Gasteiger partial charge in [0.1, 0.15) is 0 Å². The van der Waals surface area contributed by atoms with E-state index in [4.69, 9.17) is 10.8 Å². The minimum atomic E-state index is 0.0540. The van der Waals surface area contributed by atoms with Crippen molar-refractivity contribution in [1.82, 2.24) is 5.32 Å². The molecule has 1 amide bonds. The second-order valence-electron chi connectivity index (χ2n) is 6.54. The third kappa shape index (κ3) is 10.2. The molecule has 0 saturated carbocycles. The first-order chi connectivity index (χ1) is 9.45. The van der Waals surface area contributed by atoms with E-state index in [0.717, 1.165) is 38.5 Å². The molecule has 0 aliphatic heterocycles. The molecule has 0 aromatic rings. The quantitative estimate of drug-likeness (QED) is 0.516. The first-order valence-corrected chi connectivity index (χ1v) is 8.02. The van der Waals surface area contributed by atoms with Gasteiger partial charge in [0, 0.05) is 19.6 Å². The summed E-state index contributed by atoms with van der Waals surface area (Å²) in [5, 5.41) is 11.9. The molecule has 0 fully saturated rings. The van der Waals surface area contributed by atoms with Crippen molar-refractivity contribution in [1.29, 1.82) is 0 Å². The molecule has 120 valence electrons. The van der Waals surface area contributed by atoms with Crippen LogP contribution in [0.4, 0.5) is 0 Å². The topological polar surface area (TPSA) is 75.4 Å². The number of aliphatic hydroxyl groups is 1. The zero-order valence-corrected chi connectivity index (χ0v) is 13.6. The summed E-state index contributed by atoms with van der Waals surface area (Å²) < 4.78 is 0. The lowest BCUT2D eigenvalue weighted by Crippen LogP contribution is -2.34. The molecular formula is C16H34N2O2. The van der Waals surface area contributed by atoms with Gasteiger partial charge in [0.2, 0.25) is 5.91 Å². The predicted molar refractivity (Wildman–Crippen MR) is 84.4 cm³/mol. The molecule has 4 N–H and O–H groups in total. The van der Waals surface area contributed by atoms with Gasteiger partial charge < -0.3 is 16.2 Å². The highest BCUT2D eigenvalue weighted by Gasteiger charge is 2.18. The van der Waals surface area contributed by atoms with Crippen molar-refractivity contribution in [3.8, 4) is 0 Å². The molecule has 0 aromatic heterocycles. The summed E-state index contributed by atoms with van der Waals surface area (Å²) >= 11 is 0. The highest BCUT2D eigenvalue weighted by molar-refractivity contribution is 5.75. The van der Waals surface area contributed by atoms with Crippen molar-refractivity contribution in [2.24, 2.45) is 17.1 Å². The van der Waals surface area contributed by atoms with E-state index in [0.29, 0.717) is 25.4 Å². The number of nitrogens with two attached hydrogens (primary N) is 1. The fraction of sp³-hybridized carbons (Fsp3) is 0.938. The van der Waals surface area contributed by atoms with Crippen LogP contribution in [-0.4, -0.2) is 30.7 Å². The number of aliphatic hydroxyl groups excluding tert-OH is 1. The fourth-order valence-corrected chi connectivity index (χ4v) is 2.48. The Kier molecular flexibility index (Phi) is 10.8. The maximum Gasteiger partial charge on any atom is 0.220 e. The molecule has 0 saturated heterocycles. The first-order valence-electron chi connectivity index (χ1n) is 8.02. The molecule has 0 bridgehead atoms. The Morgan fingerprint density at radius 3 is 2.55 bits per heavy atom. The average Bonchev–Trinajstić information content (AvgIpc) is 2.41. The average molecular weight is 286 g/mol. The third-order valence-corrected chi connectivity index (χ3v) is 3.83. The maximum absolute atomic E-state index is 11.9. The molecule has 0 rings (SSSR count). The van der Waals surface area contributed by atoms with Gasteiger partial charge in [0.25, 0.3) is 0 Å². The molecule has 0 spiro atoms. The molecule has 1 unspecified atom stereocenters. The van der Waals surface area contributed by atoms with E-state index in [1.807, 2.05) is 0 Å². The zero-order valence-electron chi connectivity index (χ0n) is 13.6. The van der Waals surface area contributed by atoms with Crippen molar-refractivity contribution in [3.05, 3.63) is 0 Å². The van der Waals surface area contributed by atoms with E-state index >= 15 is 0 Å². The Hall–Kier alpha value is -0.610. The van der Waals surface area contributed by atoms with Crippen LogP contribution in [0, 0.1) is 11.3 Å². The number of carbonyl (C=O) groups is 1. The van der Waals surface area contributed by atoms with Crippen molar-refractivity contribution in [3.63, 3.8) is 0 Å². The van der Waals surface area contributed by atoms with Gasteiger partial charge in [0.05, 0.1) is 0 Å². The van der Waals surface area contributed by atoms with E-state index in [-0.39, 0.29) is 17.9 Å². The van der Waals surface area contributed by atoms with Crippen LogP contribution in [0.5, 0.6) is 0 Å². The van der Waals surface area contributed by atoms with Gasteiger partial charge in [-0.3, -0.25) is 4.79 Å². The Bertz CT molecular complexity index is 249. The van der Waals surface area contributed by atoms with Gasteiger partial charge >= 0.3 is 0 Å². The lowest BCUT2D eigenvalue weighted by molar-refractivity contribution is -0.121. The highest BCUT2D eigenvalue weighted by Crippen LogP contribution is 2.21. The van der Waals surface area contributed by atoms with E-state index < -0.39 is 0 Å². The largest absolute Gasteiger partial charge is 0.396 e. The second kappa shape index (κ2) is 11.1. The van der Waals surface area contributed by atoms with Crippen LogP contribution in [0.1, 0.15) is 65.7 Å². The number of hydrogen-bond donors (Lipinski definition) is 3. The molecule has 4 nitrogen and oxygen atoms in total. The summed E-state index contributed by atoms with van der Waals surface area (Å²) in [6.07, 6.45) is 6.58. The van der Waals surface area contributed by atoms with E-state index in [1.165, 1.54) is 0 Å². The monoisotopic (exact) mass is 286 g/mol. The van der Waals surface area contributed by atoms with E-state index in [9.17, 15) is 4.79 Å². The van der Waals surface area contributed by atoms with Crippen LogP contribution in [0.2, 0.25) is 0 Å². The van der Waals surface area contributed by atoms with Crippen LogP contribution >= 0.6 is 0 Å². The van der Waals surface area contributed by atoms with Crippen molar-refractivity contribution in [2.45, 2.75) is 65.7 Å². The number of amides is 1. The molecule has 0 heterocycles. The summed E-state index contributed by atoms with van der Waals surface area (Å²) in [6, 6.07) is 0. The van der Waals surface area contributed by atoms with Crippen molar-refractivity contribution < 1.29 is 9.90 Å². The second-order valence-corrected chi connectivity index (χ2v) is 6.54. The number of hydrogen-bond acceptors (Lipinski definition) is 3. The van der Waals surface area contributed by atoms with Gasteiger partial charge in [-0.2, -0.15) is 0 Å². The summed E-state index contributed by atoms with van der Waals surface area (Å²) in [5.74, 6) is 0.721. The number of rotatable bonds is 12. The standard InChI is InChI=1S/C16H34N2O2/c1-4-6-14(9-11-17)7-8-15(20)18-13-16(2,3)10-5-12-19/h14,19H,4-13,17H2,1-3H3,(H,18,20). The fourth-order valence-electron chi connectivity index (χ4n) is 2.48. The molecule has 0 aliphatic carbocycles. The molecule has 0 aromatic carbocycles.